The maximum absolute atomic E-state index is 12.1. The highest BCUT2D eigenvalue weighted by Crippen LogP contribution is 2.29. The van der Waals surface area contributed by atoms with Gasteiger partial charge in [0.1, 0.15) is 11.5 Å². The molecule has 0 aromatic heterocycles. The fourth-order valence-electron chi connectivity index (χ4n) is 3.32. The van der Waals surface area contributed by atoms with Gasteiger partial charge in [-0.1, -0.05) is 44.3 Å². The maximum atomic E-state index is 12.1. The molecule has 1 aliphatic heterocycles. The lowest BCUT2D eigenvalue weighted by molar-refractivity contribution is -0.274. The lowest BCUT2D eigenvalue weighted by atomic mass is 10.0. The first kappa shape index (κ1) is 19.2. The summed E-state index contributed by atoms with van der Waals surface area (Å²) in [6.07, 6.45) is 1.91. The van der Waals surface area contributed by atoms with Crippen LogP contribution in [0, 0.1) is 5.92 Å². The van der Waals surface area contributed by atoms with Gasteiger partial charge in [0.05, 0.1) is 6.61 Å². The Morgan fingerprint density at radius 3 is 2.25 bits per heavy atom. The Bertz CT molecular complexity index is 468. The minimum Gasteiger partial charge on any atom is -0.493 e. The third-order valence-electron chi connectivity index (χ3n) is 4.73. The summed E-state index contributed by atoms with van der Waals surface area (Å²) in [6.45, 7) is 2.91. The smallest absolute Gasteiger partial charge is 0.493 e. The van der Waals surface area contributed by atoms with Crippen LogP contribution >= 0.6 is 0 Å². The number of hydrogen-bond donors (Lipinski definition) is 0. The van der Waals surface area contributed by atoms with Crippen molar-refractivity contribution >= 4 is 8.80 Å². The van der Waals surface area contributed by atoms with E-state index in [9.17, 15) is 13.2 Å². The third-order valence-corrected chi connectivity index (χ3v) is 8.25. The largest absolute Gasteiger partial charge is 0.573 e. The molecule has 1 aromatic carbocycles. The maximum Gasteiger partial charge on any atom is 0.573 e. The molecule has 1 fully saturated rings. The molecule has 0 N–H and O–H groups in total. The van der Waals surface area contributed by atoms with Gasteiger partial charge in [0.15, 0.2) is 0 Å². The molecule has 0 saturated carbocycles. The van der Waals surface area contributed by atoms with E-state index in [0.29, 0.717) is 18.3 Å². The molecule has 1 heterocycles. The molecule has 1 aromatic rings. The van der Waals surface area contributed by atoms with Crippen molar-refractivity contribution in [2.75, 3.05) is 6.61 Å². The highest BCUT2D eigenvalue weighted by Gasteiger charge is 2.31. The summed E-state index contributed by atoms with van der Waals surface area (Å²) in [7, 11) is -0.501. The van der Waals surface area contributed by atoms with E-state index in [4.69, 9.17) is 4.74 Å². The molecule has 0 atom stereocenters. The number of hydrogen-bond acceptors (Lipinski definition) is 2. The molecule has 6 heteroatoms. The van der Waals surface area contributed by atoms with Crippen LogP contribution in [0.25, 0.3) is 0 Å². The summed E-state index contributed by atoms with van der Waals surface area (Å²) in [5.41, 5.74) is 0. The molecule has 0 aliphatic carbocycles. The molecule has 2 rings (SSSR count). The van der Waals surface area contributed by atoms with Crippen LogP contribution in [0.3, 0.4) is 0 Å². The Labute approximate surface area is 144 Å². The van der Waals surface area contributed by atoms with Crippen LogP contribution in [0.5, 0.6) is 11.5 Å². The molecule has 0 bridgehead atoms. The van der Waals surface area contributed by atoms with Gasteiger partial charge in [-0.2, -0.15) is 0 Å². The van der Waals surface area contributed by atoms with Crippen molar-refractivity contribution in [1.82, 2.24) is 0 Å². The fourth-order valence-corrected chi connectivity index (χ4v) is 6.94. The van der Waals surface area contributed by atoms with Crippen molar-refractivity contribution in [1.29, 1.82) is 0 Å². The Kier molecular flexibility index (Phi) is 7.46. The quantitative estimate of drug-likeness (QED) is 0.431. The van der Waals surface area contributed by atoms with Gasteiger partial charge in [-0.15, -0.1) is 13.2 Å². The Morgan fingerprint density at radius 2 is 1.67 bits per heavy atom. The van der Waals surface area contributed by atoms with Crippen LogP contribution in [0.15, 0.2) is 24.3 Å². The lowest BCUT2D eigenvalue weighted by Crippen LogP contribution is -2.24. The number of halogens is 3. The summed E-state index contributed by atoms with van der Waals surface area (Å²) >= 11 is 0. The SMILES string of the molecule is CCCCC[SiH]1CCC(COc2ccc(OC(F)(F)F)cc2)CC1. The second-order valence-corrected chi connectivity index (χ2v) is 10.2. The molecular formula is C18H27F3O2Si. The van der Waals surface area contributed by atoms with E-state index in [1.165, 1.54) is 74.5 Å². The van der Waals surface area contributed by atoms with Crippen LogP contribution in [0.2, 0.25) is 18.1 Å². The molecule has 1 aliphatic rings. The van der Waals surface area contributed by atoms with E-state index < -0.39 is 15.2 Å². The highest BCUT2D eigenvalue weighted by molar-refractivity contribution is 6.58. The number of unbranched alkanes of at least 4 members (excludes halogenated alkanes) is 2. The first-order valence-electron chi connectivity index (χ1n) is 8.95. The normalized spacial score (nSPS) is 21.5. The van der Waals surface area contributed by atoms with Gasteiger partial charge in [0.2, 0.25) is 0 Å². The monoisotopic (exact) mass is 360 g/mol. The topological polar surface area (TPSA) is 18.5 Å². The summed E-state index contributed by atoms with van der Waals surface area (Å²) in [5.74, 6) is 0.978. The number of benzene rings is 1. The van der Waals surface area contributed by atoms with Crippen molar-refractivity contribution < 1.29 is 22.6 Å². The molecular weight excluding hydrogens is 333 g/mol. The van der Waals surface area contributed by atoms with Crippen LogP contribution in [0.1, 0.15) is 39.0 Å². The van der Waals surface area contributed by atoms with E-state index in [1.807, 2.05) is 0 Å². The number of rotatable bonds is 8. The van der Waals surface area contributed by atoms with Crippen LogP contribution in [-0.2, 0) is 0 Å². The summed E-state index contributed by atoms with van der Waals surface area (Å²) < 4.78 is 45.9. The van der Waals surface area contributed by atoms with E-state index in [1.54, 1.807) is 0 Å². The number of alkyl halides is 3. The van der Waals surface area contributed by atoms with Crippen molar-refractivity contribution in [2.24, 2.45) is 5.92 Å². The Balaban J connectivity index is 1.67. The Hall–Kier alpha value is -1.17. The van der Waals surface area contributed by atoms with Crippen LogP contribution < -0.4 is 9.47 Å². The van der Waals surface area contributed by atoms with Crippen molar-refractivity contribution in [2.45, 2.75) is 63.5 Å². The molecule has 2 nitrogen and oxygen atoms in total. The molecule has 0 unspecified atom stereocenters. The predicted octanol–water partition coefficient (Wildman–Crippen LogP) is 5.79. The van der Waals surface area contributed by atoms with E-state index in [0.717, 1.165) is 0 Å². The second-order valence-electron chi connectivity index (χ2n) is 6.71. The zero-order chi connectivity index (χ0) is 17.4. The molecule has 24 heavy (non-hydrogen) atoms. The molecule has 0 spiro atoms. The standard InChI is InChI=1S/C18H27F3O2Si/c1-2-3-4-11-24-12-9-15(10-13-24)14-22-16-5-7-17(8-6-16)23-18(19,20)21/h5-8,15,24H,2-4,9-14H2,1H3. The van der Waals surface area contributed by atoms with E-state index >= 15 is 0 Å². The van der Waals surface area contributed by atoms with Gasteiger partial charge >= 0.3 is 6.36 Å². The van der Waals surface area contributed by atoms with Crippen molar-refractivity contribution in [3.63, 3.8) is 0 Å². The average molecular weight is 360 g/mol. The minimum absolute atomic E-state index is 0.214. The van der Waals surface area contributed by atoms with Gasteiger partial charge in [-0.25, -0.2) is 0 Å². The average Bonchev–Trinajstić information content (AvgIpc) is 2.54. The van der Waals surface area contributed by atoms with Crippen molar-refractivity contribution in [3.05, 3.63) is 24.3 Å². The van der Waals surface area contributed by atoms with Gasteiger partial charge in [-0.3, -0.25) is 0 Å². The van der Waals surface area contributed by atoms with Crippen LogP contribution in [0.4, 0.5) is 13.2 Å². The molecule has 1 saturated heterocycles. The fraction of sp³-hybridized carbons (Fsp3) is 0.667. The van der Waals surface area contributed by atoms with Crippen molar-refractivity contribution in [3.8, 4) is 11.5 Å². The lowest BCUT2D eigenvalue weighted by Gasteiger charge is -2.27. The summed E-state index contributed by atoms with van der Waals surface area (Å²) in [5, 5.41) is 0. The molecule has 0 amide bonds. The van der Waals surface area contributed by atoms with Gasteiger partial charge in [0.25, 0.3) is 0 Å². The predicted molar refractivity (Wildman–Crippen MR) is 92.4 cm³/mol. The first-order valence-corrected chi connectivity index (χ1v) is 11.4. The van der Waals surface area contributed by atoms with Gasteiger partial charge < -0.3 is 9.47 Å². The van der Waals surface area contributed by atoms with E-state index in [-0.39, 0.29) is 5.75 Å². The summed E-state index contributed by atoms with van der Waals surface area (Å²) in [4.78, 5) is 0. The number of ether oxygens (including phenoxy) is 2. The van der Waals surface area contributed by atoms with E-state index in [2.05, 4.69) is 11.7 Å². The zero-order valence-electron chi connectivity index (χ0n) is 14.3. The second kappa shape index (κ2) is 9.35. The zero-order valence-corrected chi connectivity index (χ0v) is 15.4. The first-order chi connectivity index (χ1) is 11.5. The molecule has 0 radical (unpaired) electrons. The third kappa shape index (κ3) is 7.15. The van der Waals surface area contributed by atoms with Gasteiger partial charge in [-0.05, 0) is 43.0 Å². The Morgan fingerprint density at radius 1 is 1.04 bits per heavy atom. The highest BCUT2D eigenvalue weighted by atomic mass is 28.3. The molecule has 136 valence electrons. The van der Waals surface area contributed by atoms with Gasteiger partial charge in [0, 0.05) is 8.80 Å². The summed E-state index contributed by atoms with van der Waals surface area (Å²) in [6, 6.07) is 9.97. The minimum atomic E-state index is -4.65. The van der Waals surface area contributed by atoms with Crippen LogP contribution in [-0.4, -0.2) is 21.8 Å².